The van der Waals surface area contributed by atoms with Gasteiger partial charge in [-0.25, -0.2) is 0 Å². The lowest BCUT2D eigenvalue weighted by atomic mass is 10.00. The quantitative estimate of drug-likeness (QED) is 0.848. The summed E-state index contributed by atoms with van der Waals surface area (Å²) in [6.45, 7) is 2.46. The molecule has 1 fully saturated rings. The van der Waals surface area contributed by atoms with E-state index in [-0.39, 0.29) is 11.8 Å². The molecule has 0 spiro atoms. The molecule has 1 unspecified atom stereocenters. The van der Waals surface area contributed by atoms with Crippen LogP contribution in [-0.4, -0.2) is 38.6 Å². The Labute approximate surface area is 117 Å². The molecular weight excluding hydrogens is 254 g/mol. The van der Waals surface area contributed by atoms with Gasteiger partial charge in [0.25, 0.3) is 5.95 Å². The number of tetrazole rings is 1. The Morgan fingerprint density at radius 1 is 1.25 bits per heavy atom. The monoisotopic (exact) mass is 271 g/mol. The van der Waals surface area contributed by atoms with Crippen LogP contribution in [0.5, 0.6) is 0 Å². The highest BCUT2D eigenvalue weighted by atomic mass is 16.1. The average molecular weight is 271 g/mol. The number of benzene rings is 1. The molecule has 1 aromatic carbocycles. The standard InChI is InChI=1S/C14H17N5O/c1-11(20)13-9-5-6-10-18(13)14-15-16-17-19(14)12-7-3-2-4-8-12/h2-4,7-8,13H,5-6,9-10H2,1H3. The lowest BCUT2D eigenvalue weighted by Crippen LogP contribution is -2.45. The number of para-hydroxylation sites is 1. The number of nitrogens with zero attached hydrogens (tertiary/aromatic N) is 5. The summed E-state index contributed by atoms with van der Waals surface area (Å²) in [6.07, 6.45) is 3.01. The van der Waals surface area contributed by atoms with Gasteiger partial charge in [-0.1, -0.05) is 23.3 Å². The van der Waals surface area contributed by atoms with Crippen molar-refractivity contribution in [1.29, 1.82) is 0 Å². The molecule has 104 valence electrons. The minimum atomic E-state index is -0.114. The highest BCUT2D eigenvalue weighted by molar-refractivity contribution is 5.84. The molecular formula is C14H17N5O. The zero-order chi connectivity index (χ0) is 13.9. The lowest BCUT2D eigenvalue weighted by Gasteiger charge is -2.34. The molecule has 0 N–H and O–H groups in total. The highest BCUT2D eigenvalue weighted by Gasteiger charge is 2.30. The van der Waals surface area contributed by atoms with Crippen molar-refractivity contribution in [3.8, 4) is 5.69 Å². The molecule has 1 saturated heterocycles. The topological polar surface area (TPSA) is 63.9 Å². The zero-order valence-electron chi connectivity index (χ0n) is 11.4. The second-order valence-electron chi connectivity index (χ2n) is 5.04. The van der Waals surface area contributed by atoms with Crippen LogP contribution in [0.4, 0.5) is 5.95 Å². The van der Waals surface area contributed by atoms with Gasteiger partial charge in [0.2, 0.25) is 0 Å². The zero-order valence-corrected chi connectivity index (χ0v) is 11.4. The number of carbonyl (C=O) groups is 1. The van der Waals surface area contributed by atoms with Gasteiger partial charge in [-0.05, 0) is 48.7 Å². The molecule has 6 nitrogen and oxygen atoms in total. The van der Waals surface area contributed by atoms with E-state index in [2.05, 4.69) is 15.5 Å². The molecule has 1 aliphatic heterocycles. The number of ketones is 1. The van der Waals surface area contributed by atoms with Crippen LogP contribution in [-0.2, 0) is 4.79 Å². The van der Waals surface area contributed by atoms with Crippen molar-refractivity contribution in [1.82, 2.24) is 20.2 Å². The third kappa shape index (κ3) is 2.29. The van der Waals surface area contributed by atoms with Crippen LogP contribution in [0.3, 0.4) is 0 Å². The fraction of sp³-hybridized carbons (Fsp3) is 0.429. The minimum Gasteiger partial charge on any atom is -0.329 e. The summed E-state index contributed by atoms with van der Waals surface area (Å²) in [4.78, 5) is 13.9. The molecule has 6 heteroatoms. The van der Waals surface area contributed by atoms with Crippen molar-refractivity contribution in [3.63, 3.8) is 0 Å². The number of piperidine rings is 1. The fourth-order valence-electron chi connectivity index (χ4n) is 2.69. The molecule has 1 aromatic heterocycles. The van der Waals surface area contributed by atoms with Gasteiger partial charge in [0.05, 0.1) is 11.7 Å². The molecule has 0 saturated carbocycles. The molecule has 0 aliphatic carbocycles. The Kier molecular flexibility index (Phi) is 3.45. The smallest absolute Gasteiger partial charge is 0.250 e. The number of rotatable bonds is 3. The Morgan fingerprint density at radius 2 is 2.05 bits per heavy atom. The summed E-state index contributed by atoms with van der Waals surface area (Å²) in [5.41, 5.74) is 0.903. The van der Waals surface area contributed by atoms with Crippen LogP contribution in [0, 0.1) is 0 Å². The van der Waals surface area contributed by atoms with Gasteiger partial charge >= 0.3 is 0 Å². The van der Waals surface area contributed by atoms with Crippen molar-refractivity contribution in [2.45, 2.75) is 32.2 Å². The van der Waals surface area contributed by atoms with Gasteiger partial charge in [0, 0.05) is 6.54 Å². The van der Waals surface area contributed by atoms with E-state index in [0.29, 0.717) is 5.95 Å². The molecule has 0 amide bonds. The Morgan fingerprint density at radius 3 is 2.80 bits per heavy atom. The molecule has 0 bridgehead atoms. The predicted octanol–water partition coefficient (Wildman–Crippen LogP) is 1.61. The van der Waals surface area contributed by atoms with Gasteiger partial charge in [0.1, 0.15) is 0 Å². The van der Waals surface area contributed by atoms with E-state index >= 15 is 0 Å². The first kappa shape index (κ1) is 12.8. The predicted molar refractivity (Wildman–Crippen MR) is 74.8 cm³/mol. The Hall–Kier alpha value is -2.24. The van der Waals surface area contributed by atoms with Gasteiger partial charge in [0.15, 0.2) is 5.78 Å². The van der Waals surface area contributed by atoms with E-state index in [9.17, 15) is 4.79 Å². The van der Waals surface area contributed by atoms with Crippen LogP contribution < -0.4 is 4.90 Å². The molecule has 3 rings (SSSR count). The van der Waals surface area contributed by atoms with Crippen LogP contribution in [0.15, 0.2) is 30.3 Å². The maximum absolute atomic E-state index is 11.8. The first-order valence-electron chi connectivity index (χ1n) is 6.88. The van der Waals surface area contributed by atoms with Gasteiger partial charge < -0.3 is 4.90 Å². The largest absolute Gasteiger partial charge is 0.329 e. The second kappa shape index (κ2) is 5.40. The van der Waals surface area contributed by atoms with Crippen LogP contribution in [0.2, 0.25) is 0 Å². The normalized spacial score (nSPS) is 19.1. The van der Waals surface area contributed by atoms with Crippen molar-refractivity contribution >= 4 is 11.7 Å². The van der Waals surface area contributed by atoms with Crippen LogP contribution >= 0.6 is 0 Å². The molecule has 0 radical (unpaired) electrons. The van der Waals surface area contributed by atoms with E-state index in [1.54, 1.807) is 11.6 Å². The van der Waals surface area contributed by atoms with Crippen LogP contribution in [0.1, 0.15) is 26.2 Å². The summed E-state index contributed by atoms with van der Waals surface area (Å²) < 4.78 is 1.70. The average Bonchev–Trinajstić information content (AvgIpc) is 2.97. The maximum Gasteiger partial charge on any atom is 0.250 e. The summed E-state index contributed by atoms with van der Waals surface area (Å²) in [5.74, 6) is 0.823. The first-order chi connectivity index (χ1) is 9.77. The van der Waals surface area contributed by atoms with Gasteiger partial charge in [-0.15, -0.1) is 0 Å². The Bertz CT molecular complexity index is 595. The van der Waals surface area contributed by atoms with Gasteiger partial charge in [-0.2, -0.15) is 4.68 Å². The lowest BCUT2D eigenvalue weighted by molar-refractivity contribution is -0.118. The molecule has 1 atom stereocenters. The SMILES string of the molecule is CC(=O)C1CCCCN1c1nnnn1-c1ccccc1. The van der Waals surface area contributed by atoms with E-state index in [1.165, 1.54) is 0 Å². The third-order valence-electron chi connectivity index (χ3n) is 3.68. The van der Waals surface area contributed by atoms with E-state index in [4.69, 9.17) is 0 Å². The molecule has 2 aromatic rings. The first-order valence-corrected chi connectivity index (χ1v) is 6.88. The summed E-state index contributed by atoms with van der Waals surface area (Å²) in [6, 6.07) is 9.63. The number of carbonyl (C=O) groups excluding carboxylic acids is 1. The fourth-order valence-corrected chi connectivity index (χ4v) is 2.69. The number of hydrogen-bond donors (Lipinski definition) is 0. The third-order valence-corrected chi connectivity index (χ3v) is 3.68. The molecule has 2 heterocycles. The van der Waals surface area contributed by atoms with Crippen molar-refractivity contribution < 1.29 is 4.79 Å². The highest BCUT2D eigenvalue weighted by Crippen LogP contribution is 2.24. The second-order valence-corrected chi connectivity index (χ2v) is 5.04. The van der Waals surface area contributed by atoms with Gasteiger partial charge in [-0.3, -0.25) is 4.79 Å². The van der Waals surface area contributed by atoms with Crippen molar-refractivity contribution in [2.24, 2.45) is 0 Å². The number of Topliss-reactive ketones (excluding diaryl/α,β-unsaturated/α-hetero) is 1. The van der Waals surface area contributed by atoms with Crippen molar-refractivity contribution in [3.05, 3.63) is 30.3 Å². The van der Waals surface area contributed by atoms with E-state index in [0.717, 1.165) is 31.5 Å². The summed E-state index contributed by atoms with van der Waals surface area (Å²) in [7, 11) is 0. The summed E-state index contributed by atoms with van der Waals surface area (Å²) in [5, 5.41) is 12.0. The number of aromatic nitrogens is 4. The maximum atomic E-state index is 11.8. The number of hydrogen-bond acceptors (Lipinski definition) is 5. The minimum absolute atomic E-state index is 0.114. The van der Waals surface area contributed by atoms with E-state index in [1.807, 2.05) is 35.2 Å². The molecule has 1 aliphatic rings. The van der Waals surface area contributed by atoms with Crippen LogP contribution in [0.25, 0.3) is 5.69 Å². The summed E-state index contributed by atoms with van der Waals surface area (Å²) >= 11 is 0. The van der Waals surface area contributed by atoms with Crippen molar-refractivity contribution in [2.75, 3.05) is 11.4 Å². The number of anilines is 1. The van der Waals surface area contributed by atoms with E-state index < -0.39 is 0 Å². The molecule has 20 heavy (non-hydrogen) atoms. The Balaban J connectivity index is 1.98.